The second kappa shape index (κ2) is 8.06. The van der Waals surface area contributed by atoms with Crippen molar-refractivity contribution in [2.45, 2.75) is 32.5 Å². The number of hydrogen-bond donors (Lipinski definition) is 2. The van der Waals surface area contributed by atoms with Crippen LogP contribution in [0.1, 0.15) is 36.1 Å². The molecule has 2 aromatic carbocycles. The molecule has 7 heteroatoms. The van der Waals surface area contributed by atoms with E-state index in [4.69, 9.17) is 23.8 Å². The second-order valence-corrected chi connectivity index (χ2v) is 6.48. The van der Waals surface area contributed by atoms with Gasteiger partial charge >= 0.3 is 6.18 Å². The van der Waals surface area contributed by atoms with Crippen LogP contribution in [0, 0.1) is 6.92 Å². The molecule has 0 unspecified atom stereocenters. The lowest BCUT2D eigenvalue weighted by Gasteiger charge is -2.20. The average molecular weight is 387 g/mol. The molecule has 0 aromatic heterocycles. The molecule has 25 heavy (non-hydrogen) atoms. The van der Waals surface area contributed by atoms with Gasteiger partial charge in [0.2, 0.25) is 0 Å². The van der Waals surface area contributed by atoms with Crippen LogP contribution in [0.4, 0.5) is 18.9 Å². The number of alkyl halides is 3. The predicted molar refractivity (Wildman–Crippen MR) is 100 cm³/mol. The molecule has 0 bridgehead atoms. The Kier molecular flexibility index (Phi) is 6.30. The van der Waals surface area contributed by atoms with Gasteiger partial charge in [-0.2, -0.15) is 13.2 Å². The fraction of sp³-hybridized carbons (Fsp3) is 0.278. The standard InChI is InChI=1S/C18H18ClF3N2S/c1-3-16(12-6-4-11(2)5-7-12)24-17(25)23-13-8-9-15(19)14(10-13)18(20,21)22/h4-10,16H,3H2,1-2H3,(H2,23,24,25)/t16-/m1/s1. The normalized spacial score (nSPS) is 12.6. The molecule has 134 valence electrons. The van der Waals surface area contributed by atoms with Gasteiger partial charge < -0.3 is 10.6 Å². The Labute approximate surface area is 155 Å². The first-order chi connectivity index (χ1) is 11.7. The van der Waals surface area contributed by atoms with Crippen LogP contribution in [-0.4, -0.2) is 5.11 Å². The molecule has 0 heterocycles. The van der Waals surface area contributed by atoms with Crippen LogP contribution in [0.5, 0.6) is 0 Å². The third-order valence-corrected chi connectivity index (χ3v) is 4.27. The Bertz CT molecular complexity index is 745. The van der Waals surface area contributed by atoms with Gasteiger partial charge in [0.05, 0.1) is 16.6 Å². The van der Waals surface area contributed by atoms with Crippen LogP contribution >= 0.6 is 23.8 Å². The van der Waals surface area contributed by atoms with Gasteiger partial charge in [0.25, 0.3) is 0 Å². The Balaban J connectivity index is 2.10. The van der Waals surface area contributed by atoms with Gasteiger partial charge in [-0.25, -0.2) is 0 Å². The van der Waals surface area contributed by atoms with Crippen LogP contribution in [0.25, 0.3) is 0 Å². The van der Waals surface area contributed by atoms with Gasteiger partial charge in [0.1, 0.15) is 0 Å². The summed E-state index contributed by atoms with van der Waals surface area (Å²) in [6, 6.07) is 11.6. The van der Waals surface area contributed by atoms with Crippen molar-refractivity contribution < 1.29 is 13.2 Å². The number of anilines is 1. The number of thiocarbonyl (C=S) groups is 1. The van der Waals surface area contributed by atoms with Gasteiger partial charge in [-0.3, -0.25) is 0 Å². The van der Waals surface area contributed by atoms with Gasteiger partial charge in [-0.05, 0) is 49.3 Å². The molecule has 2 rings (SSSR count). The molecule has 0 spiro atoms. The number of aryl methyl sites for hydroxylation is 1. The summed E-state index contributed by atoms with van der Waals surface area (Å²) in [5.41, 5.74) is 1.55. The zero-order valence-corrected chi connectivity index (χ0v) is 15.3. The molecule has 1 atom stereocenters. The molecule has 0 fully saturated rings. The minimum atomic E-state index is -4.52. The topological polar surface area (TPSA) is 24.1 Å². The van der Waals surface area contributed by atoms with Gasteiger partial charge in [0.15, 0.2) is 5.11 Å². The lowest BCUT2D eigenvalue weighted by Crippen LogP contribution is -2.32. The van der Waals surface area contributed by atoms with Crippen molar-refractivity contribution in [1.82, 2.24) is 5.32 Å². The smallest absolute Gasteiger partial charge is 0.356 e. The SMILES string of the molecule is CC[C@@H](NC(=S)Nc1ccc(Cl)c(C(F)(F)F)c1)c1ccc(C)cc1. The largest absolute Gasteiger partial charge is 0.417 e. The van der Waals surface area contributed by atoms with E-state index in [1.165, 1.54) is 12.1 Å². The lowest BCUT2D eigenvalue weighted by molar-refractivity contribution is -0.137. The molecule has 0 amide bonds. The number of benzene rings is 2. The minimum absolute atomic E-state index is 0.0324. The van der Waals surface area contributed by atoms with Crippen molar-refractivity contribution in [1.29, 1.82) is 0 Å². The van der Waals surface area contributed by atoms with Crippen LogP contribution in [0.2, 0.25) is 5.02 Å². The van der Waals surface area contributed by atoms with Crippen molar-refractivity contribution in [3.63, 3.8) is 0 Å². The Morgan fingerprint density at radius 3 is 2.36 bits per heavy atom. The summed E-state index contributed by atoms with van der Waals surface area (Å²) in [6.07, 6.45) is -3.74. The molecule has 0 aliphatic carbocycles. The summed E-state index contributed by atoms with van der Waals surface area (Å²) in [4.78, 5) is 0. The Morgan fingerprint density at radius 1 is 1.16 bits per heavy atom. The highest BCUT2D eigenvalue weighted by atomic mass is 35.5. The van der Waals surface area contributed by atoms with E-state index < -0.39 is 11.7 Å². The number of halogens is 4. The van der Waals surface area contributed by atoms with E-state index in [-0.39, 0.29) is 21.9 Å². The fourth-order valence-corrected chi connectivity index (χ4v) is 2.85. The van der Waals surface area contributed by atoms with Crippen LogP contribution in [0.3, 0.4) is 0 Å². The number of nitrogens with one attached hydrogen (secondary N) is 2. The average Bonchev–Trinajstić information content (AvgIpc) is 2.54. The number of hydrogen-bond acceptors (Lipinski definition) is 1. The van der Waals surface area contributed by atoms with Crippen molar-refractivity contribution in [3.05, 3.63) is 64.2 Å². The molecule has 0 saturated heterocycles. The second-order valence-electron chi connectivity index (χ2n) is 5.66. The van der Waals surface area contributed by atoms with Crippen molar-refractivity contribution >= 4 is 34.6 Å². The van der Waals surface area contributed by atoms with Crippen LogP contribution < -0.4 is 10.6 Å². The highest BCUT2D eigenvalue weighted by Gasteiger charge is 2.33. The third kappa shape index (κ3) is 5.34. The lowest BCUT2D eigenvalue weighted by atomic mass is 10.0. The van der Waals surface area contributed by atoms with Gasteiger partial charge in [-0.15, -0.1) is 0 Å². The maximum Gasteiger partial charge on any atom is 0.417 e. The molecule has 2 N–H and O–H groups in total. The summed E-state index contributed by atoms with van der Waals surface area (Å²) in [7, 11) is 0. The van der Waals surface area contributed by atoms with Gasteiger partial charge in [0, 0.05) is 5.69 Å². The summed E-state index contributed by atoms with van der Waals surface area (Å²) in [5, 5.41) is 5.83. The van der Waals surface area contributed by atoms with E-state index in [0.29, 0.717) is 0 Å². The number of rotatable bonds is 4. The van der Waals surface area contributed by atoms with Crippen LogP contribution in [0.15, 0.2) is 42.5 Å². The van der Waals surface area contributed by atoms with E-state index in [1.807, 2.05) is 38.1 Å². The minimum Gasteiger partial charge on any atom is -0.356 e. The summed E-state index contributed by atoms with van der Waals surface area (Å²) in [5.74, 6) is 0. The maximum atomic E-state index is 12.9. The molecule has 0 aliphatic heterocycles. The van der Waals surface area contributed by atoms with E-state index in [2.05, 4.69) is 10.6 Å². The molecule has 0 radical (unpaired) electrons. The molecule has 2 nitrogen and oxygen atoms in total. The first-order valence-corrected chi connectivity index (χ1v) is 8.50. The van der Waals surface area contributed by atoms with E-state index in [1.54, 1.807) is 0 Å². The van der Waals surface area contributed by atoms with Crippen molar-refractivity contribution in [3.8, 4) is 0 Å². The molecule has 0 saturated carbocycles. The summed E-state index contributed by atoms with van der Waals surface area (Å²) >= 11 is 10.9. The molecule has 0 aliphatic rings. The van der Waals surface area contributed by atoms with Crippen molar-refractivity contribution in [2.75, 3.05) is 5.32 Å². The highest BCUT2D eigenvalue weighted by molar-refractivity contribution is 7.80. The van der Waals surface area contributed by atoms with Crippen molar-refractivity contribution in [2.24, 2.45) is 0 Å². The predicted octanol–water partition coefficient (Wildman–Crippen LogP) is 6.10. The summed E-state index contributed by atoms with van der Waals surface area (Å²) in [6.45, 7) is 4.01. The quantitative estimate of drug-likeness (QED) is 0.620. The monoisotopic (exact) mass is 386 g/mol. The van der Waals surface area contributed by atoms with E-state index >= 15 is 0 Å². The molecule has 2 aromatic rings. The zero-order valence-electron chi connectivity index (χ0n) is 13.7. The molecular formula is C18H18ClF3N2S. The highest BCUT2D eigenvalue weighted by Crippen LogP contribution is 2.36. The van der Waals surface area contributed by atoms with Gasteiger partial charge in [-0.1, -0.05) is 48.4 Å². The Morgan fingerprint density at radius 2 is 1.80 bits per heavy atom. The third-order valence-electron chi connectivity index (χ3n) is 3.72. The molecular weight excluding hydrogens is 369 g/mol. The van der Waals surface area contributed by atoms with Crippen LogP contribution in [-0.2, 0) is 6.18 Å². The summed E-state index contributed by atoms with van der Waals surface area (Å²) < 4.78 is 38.8. The first-order valence-electron chi connectivity index (χ1n) is 7.71. The van der Waals surface area contributed by atoms with E-state index in [9.17, 15) is 13.2 Å². The zero-order chi connectivity index (χ0) is 18.6. The fourth-order valence-electron chi connectivity index (χ4n) is 2.37. The maximum absolute atomic E-state index is 12.9. The van der Waals surface area contributed by atoms with E-state index in [0.717, 1.165) is 23.6 Å². The first kappa shape index (κ1) is 19.5. The Hall–Kier alpha value is -1.79.